The van der Waals surface area contributed by atoms with Gasteiger partial charge in [0.2, 0.25) is 11.8 Å². The van der Waals surface area contributed by atoms with Crippen LogP contribution in [0.25, 0.3) is 0 Å². The summed E-state index contributed by atoms with van der Waals surface area (Å²) in [4.78, 5) is 35.6. The Hall–Kier alpha value is -2.36. The summed E-state index contributed by atoms with van der Waals surface area (Å²) in [5, 5.41) is 43.1. The van der Waals surface area contributed by atoms with Crippen molar-refractivity contribution in [1.29, 1.82) is 0 Å². The van der Waals surface area contributed by atoms with E-state index in [0.717, 1.165) is 32.4 Å². The van der Waals surface area contributed by atoms with Crippen molar-refractivity contribution >= 4 is 23.5 Å². The van der Waals surface area contributed by atoms with Gasteiger partial charge < -0.3 is 46.3 Å². The van der Waals surface area contributed by atoms with Crippen LogP contribution in [-0.4, -0.2) is 109 Å². The molecule has 2 amide bonds. The molecule has 0 heterocycles. The Labute approximate surface area is 288 Å². The monoisotopic (exact) mass is 689 g/mol. The fraction of sp³-hybridized carbons (Fsp3) is 0.882. The summed E-state index contributed by atoms with van der Waals surface area (Å²) in [6, 6.07) is 0. The lowest BCUT2D eigenvalue weighted by Gasteiger charge is -2.29. The molecule has 0 saturated carbocycles. The standard InChI is InChI=1S/C34H68N6O8/c1-26(40-46)34(8,9)38-19-15-27(14-18-37-33(6,7)22-39-45)13-17-35-28(41)11-10-12-29(42)36-21-31(2,3)23-48-25-32(4,5)24-47-20-16-30(43)44/h27,37-39,45-46H,10-25H2,1-9H3,(H,35,41)(H,36,42)(H,43,44)/b40-26-. The second kappa shape index (κ2) is 23.1. The lowest BCUT2D eigenvalue weighted by Crippen LogP contribution is -2.48. The molecule has 0 spiro atoms. The van der Waals surface area contributed by atoms with Crippen molar-refractivity contribution in [3.05, 3.63) is 0 Å². The quantitative estimate of drug-likeness (QED) is 0.0248. The predicted molar refractivity (Wildman–Crippen MR) is 188 cm³/mol. The minimum Gasteiger partial charge on any atom is -0.481 e. The normalized spacial score (nSPS) is 13.8. The van der Waals surface area contributed by atoms with Crippen LogP contribution >= 0.6 is 0 Å². The highest BCUT2D eigenvalue weighted by atomic mass is 16.5. The van der Waals surface area contributed by atoms with Crippen LogP contribution in [0.2, 0.25) is 0 Å². The van der Waals surface area contributed by atoms with Crippen molar-refractivity contribution in [3.8, 4) is 0 Å². The van der Waals surface area contributed by atoms with Gasteiger partial charge in [-0.2, -0.15) is 0 Å². The molecule has 0 aliphatic carbocycles. The van der Waals surface area contributed by atoms with Gasteiger partial charge in [0, 0.05) is 48.8 Å². The molecule has 0 aliphatic rings. The highest BCUT2D eigenvalue weighted by Gasteiger charge is 2.25. The Balaban J connectivity index is 4.51. The van der Waals surface area contributed by atoms with Crippen molar-refractivity contribution in [2.45, 2.75) is 118 Å². The molecule has 14 heteroatoms. The molecule has 0 bridgehead atoms. The molecule has 0 fully saturated rings. The van der Waals surface area contributed by atoms with Gasteiger partial charge in [-0.25, -0.2) is 5.48 Å². The van der Waals surface area contributed by atoms with Gasteiger partial charge in [-0.3, -0.25) is 14.4 Å². The SMILES string of the molecule is C/C(=N/O)C(C)(C)NCCC(CCNC(=O)CCCC(=O)NCC(C)(C)COCC(C)(C)COCCC(=O)O)CCNC(C)(C)CNO. The molecule has 1 atom stereocenters. The third kappa shape index (κ3) is 23.9. The van der Waals surface area contributed by atoms with Crippen LogP contribution in [0, 0.1) is 16.7 Å². The first-order valence-electron chi connectivity index (χ1n) is 17.2. The number of hydrogen-bond acceptors (Lipinski definition) is 11. The van der Waals surface area contributed by atoms with Crippen LogP contribution in [0.4, 0.5) is 0 Å². The van der Waals surface area contributed by atoms with E-state index in [4.69, 9.17) is 25.0 Å². The van der Waals surface area contributed by atoms with Gasteiger partial charge in [0.1, 0.15) is 0 Å². The third-order valence-corrected chi connectivity index (χ3v) is 8.24. The molecule has 0 saturated heterocycles. The third-order valence-electron chi connectivity index (χ3n) is 8.24. The van der Waals surface area contributed by atoms with E-state index < -0.39 is 11.5 Å². The summed E-state index contributed by atoms with van der Waals surface area (Å²) in [7, 11) is 0. The van der Waals surface area contributed by atoms with E-state index in [1.54, 1.807) is 6.92 Å². The van der Waals surface area contributed by atoms with Gasteiger partial charge in [0.15, 0.2) is 0 Å². The van der Waals surface area contributed by atoms with Gasteiger partial charge in [-0.15, -0.1) is 0 Å². The van der Waals surface area contributed by atoms with Crippen LogP contribution in [-0.2, 0) is 23.9 Å². The van der Waals surface area contributed by atoms with E-state index in [-0.39, 0.29) is 54.1 Å². The summed E-state index contributed by atoms with van der Waals surface area (Å²) in [5.74, 6) is -0.743. The first kappa shape index (κ1) is 45.6. The van der Waals surface area contributed by atoms with Crippen molar-refractivity contribution in [1.82, 2.24) is 26.7 Å². The summed E-state index contributed by atoms with van der Waals surface area (Å²) >= 11 is 0. The molecule has 0 aliphatic heterocycles. The van der Waals surface area contributed by atoms with Gasteiger partial charge >= 0.3 is 5.97 Å². The molecule has 14 nitrogen and oxygen atoms in total. The second-order valence-corrected chi connectivity index (χ2v) is 15.6. The van der Waals surface area contributed by atoms with Crippen molar-refractivity contribution < 1.29 is 39.4 Å². The fourth-order valence-electron chi connectivity index (χ4n) is 4.69. The molecule has 0 aromatic rings. The molecule has 48 heavy (non-hydrogen) atoms. The molecular formula is C34H68N6O8. The number of nitrogens with one attached hydrogen (secondary N) is 5. The average molecular weight is 689 g/mol. The van der Waals surface area contributed by atoms with Crippen LogP contribution in [0.1, 0.15) is 107 Å². The Morgan fingerprint density at radius 2 is 1.27 bits per heavy atom. The van der Waals surface area contributed by atoms with Crippen LogP contribution in [0.3, 0.4) is 0 Å². The van der Waals surface area contributed by atoms with Crippen LogP contribution < -0.4 is 26.7 Å². The molecule has 0 radical (unpaired) electrons. The smallest absolute Gasteiger partial charge is 0.305 e. The van der Waals surface area contributed by atoms with E-state index in [1.807, 2.05) is 55.4 Å². The lowest BCUT2D eigenvalue weighted by atomic mass is 9.93. The number of nitrogens with zero attached hydrogens (tertiary/aromatic N) is 1. The highest BCUT2D eigenvalue weighted by Crippen LogP contribution is 2.20. The van der Waals surface area contributed by atoms with Gasteiger partial charge in [-0.05, 0) is 79.3 Å². The topological polar surface area (TPSA) is 203 Å². The molecule has 1 unspecified atom stereocenters. The van der Waals surface area contributed by atoms with E-state index in [9.17, 15) is 14.4 Å². The summed E-state index contributed by atoms with van der Waals surface area (Å²) in [6.07, 6.45) is 3.52. The maximum absolute atomic E-state index is 12.5. The molecule has 0 rings (SSSR count). The zero-order valence-electron chi connectivity index (χ0n) is 31.2. The van der Waals surface area contributed by atoms with E-state index in [0.29, 0.717) is 57.5 Å². The van der Waals surface area contributed by atoms with Gasteiger partial charge in [-0.1, -0.05) is 32.9 Å². The van der Waals surface area contributed by atoms with Crippen LogP contribution in [0.5, 0.6) is 0 Å². The maximum atomic E-state index is 12.5. The number of carboxylic acid groups (broad SMARTS) is 1. The number of oxime groups is 1. The number of carbonyl (C=O) groups excluding carboxylic acids is 2. The second-order valence-electron chi connectivity index (χ2n) is 15.6. The number of ether oxygens (including phenoxy) is 2. The number of hydrogen-bond donors (Lipinski definition) is 8. The van der Waals surface area contributed by atoms with E-state index in [1.165, 1.54) is 0 Å². The Kier molecular flexibility index (Phi) is 22.0. The lowest BCUT2D eigenvalue weighted by molar-refractivity contribution is -0.138. The number of rotatable bonds is 29. The van der Waals surface area contributed by atoms with Crippen molar-refractivity contribution in [3.63, 3.8) is 0 Å². The Bertz CT molecular complexity index is 971. The average Bonchev–Trinajstić information content (AvgIpc) is 2.97. The van der Waals surface area contributed by atoms with Crippen molar-refractivity contribution in [2.24, 2.45) is 21.9 Å². The molecule has 0 aromatic heterocycles. The van der Waals surface area contributed by atoms with Crippen molar-refractivity contribution in [2.75, 3.05) is 59.2 Å². The first-order chi connectivity index (χ1) is 22.2. The summed E-state index contributed by atoms with van der Waals surface area (Å²) in [6.45, 7) is 22.1. The Morgan fingerprint density at radius 1 is 0.729 bits per heavy atom. The maximum Gasteiger partial charge on any atom is 0.305 e. The Morgan fingerprint density at radius 3 is 1.85 bits per heavy atom. The highest BCUT2D eigenvalue weighted by molar-refractivity contribution is 5.90. The number of hydroxylamine groups is 1. The minimum absolute atomic E-state index is 0.0284. The zero-order chi connectivity index (χ0) is 36.9. The number of carboxylic acids is 1. The fourth-order valence-corrected chi connectivity index (χ4v) is 4.69. The molecular weight excluding hydrogens is 620 g/mol. The first-order valence-corrected chi connectivity index (χ1v) is 17.2. The minimum atomic E-state index is -0.888. The number of carbonyl (C=O) groups is 3. The zero-order valence-corrected chi connectivity index (χ0v) is 31.2. The number of aliphatic carboxylic acids is 1. The largest absolute Gasteiger partial charge is 0.481 e. The molecule has 0 aromatic carbocycles. The summed E-state index contributed by atoms with van der Waals surface area (Å²) < 4.78 is 11.4. The van der Waals surface area contributed by atoms with Gasteiger partial charge in [0.25, 0.3) is 0 Å². The summed E-state index contributed by atoms with van der Waals surface area (Å²) in [5.41, 5.74) is 1.57. The van der Waals surface area contributed by atoms with Crippen LogP contribution in [0.15, 0.2) is 5.16 Å². The predicted octanol–water partition coefficient (Wildman–Crippen LogP) is 3.30. The van der Waals surface area contributed by atoms with E-state index in [2.05, 4.69) is 31.9 Å². The number of amides is 2. The molecule has 8 N–H and O–H groups in total. The molecule has 282 valence electrons. The van der Waals surface area contributed by atoms with Gasteiger partial charge in [0.05, 0.1) is 44.1 Å². The van der Waals surface area contributed by atoms with E-state index >= 15 is 0 Å².